The van der Waals surface area contributed by atoms with Crippen LogP contribution in [-0.4, -0.2) is 36.9 Å². The van der Waals surface area contributed by atoms with Crippen molar-refractivity contribution in [3.63, 3.8) is 0 Å². The van der Waals surface area contributed by atoms with Gasteiger partial charge in [0.05, 0.1) is 18.6 Å². The molecule has 0 amide bonds. The Morgan fingerprint density at radius 1 is 1.11 bits per heavy atom. The van der Waals surface area contributed by atoms with E-state index in [1.54, 1.807) is 7.11 Å². The van der Waals surface area contributed by atoms with Crippen molar-refractivity contribution in [2.45, 2.75) is 49.5 Å². The van der Waals surface area contributed by atoms with E-state index in [2.05, 4.69) is 47.4 Å². The molecule has 3 fully saturated rings. The van der Waals surface area contributed by atoms with Crippen molar-refractivity contribution in [2.24, 2.45) is 5.92 Å². The van der Waals surface area contributed by atoms with E-state index in [1.165, 1.54) is 12.0 Å². The second kappa shape index (κ2) is 7.04. The number of fused-ring (bicyclic) bond motifs is 2. The molecule has 3 heteroatoms. The van der Waals surface area contributed by atoms with Gasteiger partial charge in [-0.1, -0.05) is 48.9 Å². The van der Waals surface area contributed by atoms with Gasteiger partial charge in [-0.25, -0.2) is 0 Å². The van der Waals surface area contributed by atoms with E-state index < -0.39 is 0 Å². The van der Waals surface area contributed by atoms with Crippen LogP contribution in [0, 0.1) is 5.92 Å². The first-order valence-electron chi connectivity index (χ1n) is 10.7. The zero-order valence-corrected chi connectivity index (χ0v) is 16.6. The van der Waals surface area contributed by atoms with Crippen molar-refractivity contribution in [1.29, 1.82) is 0 Å². The molecule has 4 atom stereocenters. The van der Waals surface area contributed by atoms with Gasteiger partial charge in [-0.3, -0.25) is 9.69 Å². The molecule has 1 saturated heterocycles. The molecule has 2 bridgehead atoms. The highest BCUT2D eigenvalue weighted by molar-refractivity contribution is 5.96. The minimum atomic E-state index is -0.295. The fraction of sp³-hybridized carbons (Fsp3) is 0.480. The Morgan fingerprint density at radius 2 is 1.96 bits per heavy atom. The number of rotatable bonds is 5. The smallest absolute Gasteiger partial charge is 0.160 e. The van der Waals surface area contributed by atoms with Crippen LogP contribution in [0.2, 0.25) is 0 Å². The maximum atomic E-state index is 13.6. The van der Waals surface area contributed by atoms with Gasteiger partial charge < -0.3 is 4.74 Å². The molecule has 0 spiro atoms. The minimum absolute atomic E-state index is 0.103. The molecule has 0 N–H and O–H groups in total. The minimum Gasteiger partial charge on any atom is -0.497 e. The number of hydrogen-bond donors (Lipinski definition) is 0. The maximum Gasteiger partial charge on any atom is 0.160 e. The van der Waals surface area contributed by atoms with Crippen molar-refractivity contribution >= 4 is 5.78 Å². The van der Waals surface area contributed by atoms with Gasteiger partial charge in [0.25, 0.3) is 0 Å². The lowest BCUT2D eigenvalue weighted by atomic mass is 9.62. The van der Waals surface area contributed by atoms with Gasteiger partial charge in [0.1, 0.15) is 5.75 Å². The lowest BCUT2D eigenvalue weighted by Gasteiger charge is -2.49. The zero-order valence-electron chi connectivity index (χ0n) is 16.6. The van der Waals surface area contributed by atoms with Gasteiger partial charge >= 0.3 is 0 Å². The van der Waals surface area contributed by atoms with Crippen LogP contribution in [0.4, 0.5) is 0 Å². The van der Waals surface area contributed by atoms with Gasteiger partial charge in [-0.15, -0.1) is 0 Å². The van der Waals surface area contributed by atoms with E-state index in [9.17, 15) is 4.79 Å². The molecule has 0 radical (unpaired) electrons. The fourth-order valence-corrected chi connectivity index (χ4v) is 5.69. The highest BCUT2D eigenvalue weighted by Crippen LogP contribution is 2.50. The topological polar surface area (TPSA) is 29.5 Å². The number of hydrogen-bond acceptors (Lipinski definition) is 3. The first kappa shape index (κ1) is 17.9. The summed E-state index contributed by atoms with van der Waals surface area (Å²) in [6.07, 6.45) is 5.35. The van der Waals surface area contributed by atoms with Crippen molar-refractivity contribution in [3.8, 4) is 5.75 Å². The van der Waals surface area contributed by atoms with Crippen molar-refractivity contribution in [2.75, 3.05) is 20.2 Å². The van der Waals surface area contributed by atoms with Gasteiger partial charge in [0.15, 0.2) is 5.78 Å². The van der Waals surface area contributed by atoms with E-state index >= 15 is 0 Å². The third-order valence-electron chi connectivity index (χ3n) is 7.36. The number of nitrogens with zero attached hydrogens (tertiary/aromatic N) is 1. The summed E-state index contributed by atoms with van der Waals surface area (Å²) in [6.45, 7) is 2.11. The normalized spacial score (nSPS) is 32.2. The quantitative estimate of drug-likeness (QED) is 0.767. The highest BCUT2D eigenvalue weighted by atomic mass is 16.5. The molecule has 146 valence electrons. The molecule has 5 rings (SSSR count). The van der Waals surface area contributed by atoms with Crippen LogP contribution in [0.25, 0.3) is 0 Å². The maximum absolute atomic E-state index is 13.6. The molecule has 0 aromatic heterocycles. The second-order valence-corrected chi connectivity index (χ2v) is 8.84. The highest BCUT2D eigenvalue weighted by Gasteiger charge is 2.52. The Labute approximate surface area is 167 Å². The third kappa shape index (κ3) is 2.97. The molecule has 0 unspecified atom stereocenters. The van der Waals surface area contributed by atoms with Gasteiger partial charge in [0.2, 0.25) is 0 Å². The van der Waals surface area contributed by atoms with Crippen LogP contribution in [-0.2, 0) is 10.2 Å². The summed E-state index contributed by atoms with van der Waals surface area (Å²) in [4.78, 5) is 16.1. The molecular formula is C25H29NO2. The number of Topliss-reactive ketones (excluding diaryl/α,β-unsaturated/α-hetero) is 1. The largest absolute Gasteiger partial charge is 0.497 e. The van der Waals surface area contributed by atoms with E-state index in [0.29, 0.717) is 17.6 Å². The van der Waals surface area contributed by atoms with Gasteiger partial charge in [0, 0.05) is 13.1 Å². The number of likely N-dealkylation sites (tertiary alicyclic amines) is 1. The molecule has 1 aliphatic heterocycles. The number of carbonyl (C=O) groups excluding carboxylic acids is 1. The number of methoxy groups -OCH3 is 1. The monoisotopic (exact) mass is 375 g/mol. The van der Waals surface area contributed by atoms with E-state index in [4.69, 9.17) is 4.74 Å². The predicted molar refractivity (Wildman–Crippen MR) is 111 cm³/mol. The van der Waals surface area contributed by atoms with Crippen molar-refractivity contribution in [3.05, 3.63) is 65.7 Å². The summed E-state index contributed by atoms with van der Waals surface area (Å²) in [5, 5.41) is 0. The standard InChI is InChI=1S/C25H29NO2/c1-28-21-10-5-9-20(16-21)25-12-6-11-23(24(25)27)26(14-13-25)17-19-15-22(19)18-7-3-2-4-8-18/h2-5,7-10,16,19,22-23H,6,11-15,17H2,1H3/t19-,22-,23-,25+/m1/s1. The average Bonchev–Trinajstić information content (AvgIpc) is 3.50. The first-order valence-corrected chi connectivity index (χ1v) is 10.7. The summed E-state index contributed by atoms with van der Waals surface area (Å²) >= 11 is 0. The number of ketones is 1. The summed E-state index contributed by atoms with van der Waals surface area (Å²) in [6, 6.07) is 19.2. The van der Waals surface area contributed by atoms with Crippen LogP contribution in [0.1, 0.15) is 49.1 Å². The Morgan fingerprint density at radius 3 is 2.79 bits per heavy atom. The predicted octanol–water partition coefficient (Wildman–Crippen LogP) is 4.56. The van der Waals surface area contributed by atoms with Gasteiger partial charge in [-0.05, 0) is 60.8 Å². The Bertz CT molecular complexity index is 864. The molecule has 28 heavy (non-hydrogen) atoms. The van der Waals surface area contributed by atoms with E-state index in [0.717, 1.165) is 50.1 Å². The SMILES string of the molecule is COc1cccc([C@@]23CCC[C@H](C2=O)N(C[C@H]2C[C@@H]2c2ccccc2)CC3)c1. The summed E-state index contributed by atoms with van der Waals surface area (Å²) in [5.74, 6) is 2.70. The lowest BCUT2D eigenvalue weighted by Crippen LogP contribution is -2.59. The van der Waals surface area contributed by atoms with Crippen LogP contribution >= 0.6 is 0 Å². The molecule has 2 aromatic rings. The lowest BCUT2D eigenvalue weighted by molar-refractivity contribution is -0.138. The molecule has 2 aromatic carbocycles. The molecular weight excluding hydrogens is 346 g/mol. The molecule has 2 aliphatic carbocycles. The summed E-state index contributed by atoms with van der Waals surface area (Å²) in [7, 11) is 1.70. The van der Waals surface area contributed by atoms with Crippen LogP contribution in [0.3, 0.4) is 0 Å². The molecule has 1 heterocycles. The number of ether oxygens (including phenoxy) is 1. The number of carbonyl (C=O) groups is 1. The van der Waals surface area contributed by atoms with Gasteiger partial charge in [-0.2, -0.15) is 0 Å². The van der Waals surface area contributed by atoms with Crippen molar-refractivity contribution in [1.82, 2.24) is 4.90 Å². The summed E-state index contributed by atoms with van der Waals surface area (Å²) < 4.78 is 5.43. The average molecular weight is 376 g/mol. The fourth-order valence-electron chi connectivity index (χ4n) is 5.69. The number of benzene rings is 2. The van der Waals surface area contributed by atoms with E-state index in [-0.39, 0.29) is 11.5 Å². The zero-order chi connectivity index (χ0) is 19.1. The first-order chi connectivity index (χ1) is 13.7. The summed E-state index contributed by atoms with van der Waals surface area (Å²) in [5.41, 5.74) is 2.33. The van der Waals surface area contributed by atoms with Crippen LogP contribution in [0.5, 0.6) is 5.75 Å². The Kier molecular flexibility index (Phi) is 4.51. The molecule has 3 nitrogen and oxygen atoms in total. The number of piperidine rings is 1. The van der Waals surface area contributed by atoms with Crippen LogP contribution in [0.15, 0.2) is 54.6 Å². The Hall–Kier alpha value is -2.13. The van der Waals surface area contributed by atoms with Crippen LogP contribution < -0.4 is 4.74 Å². The molecule has 3 aliphatic rings. The van der Waals surface area contributed by atoms with E-state index in [1.807, 2.05) is 12.1 Å². The Balaban J connectivity index is 1.32. The third-order valence-corrected chi connectivity index (χ3v) is 7.36. The second-order valence-electron chi connectivity index (χ2n) is 8.84. The van der Waals surface area contributed by atoms with Crippen molar-refractivity contribution < 1.29 is 9.53 Å². The molecule has 2 saturated carbocycles.